The minimum Gasteiger partial charge on any atom is -0.497 e. The third kappa shape index (κ3) is 6.06. The van der Waals surface area contributed by atoms with Gasteiger partial charge in [0.25, 0.3) is 17.5 Å². The molecule has 0 aliphatic heterocycles. The molecule has 1 atom stereocenters. The van der Waals surface area contributed by atoms with Gasteiger partial charge in [-0.1, -0.05) is 12.1 Å². The zero-order valence-corrected chi connectivity index (χ0v) is 15.9. The number of benzene rings is 2. The van der Waals surface area contributed by atoms with Gasteiger partial charge in [-0.05, 0) is 30.7 Å². The normalized spacial score (nSPS) is 11.4. The van der Waals surface area contributed by atoms with Crippen LogP contribution in [0, 0.1) is 17.0 Å². The van der Waals surface area contributed by atoms with Crippen molar-refractivity contribution in [2.45, 2.75) is 6.92 Å². The molecule has 9 heteroatoms. The van der Waals surface area contributed by atoms with Crippen LogP contribution in [0.2, 0.25) is 0 Å². The van der Waals surface area contributed by atoms with Crippen molar-refractivity contribution in [3.05, 3.63) is 58.1 Å². The summed E-state index contributed by atoms with van der Waals surface area (Å²) in [5.74, 6) is -0.0592. The van der Waals surface area contributed by atoms with Gasteiger partial charge in [0.1, 0.15) is 11.4 Å². The summed E-state index contributed by atoms with van der Waals surface area (Å²) in [5, 5.41) is 16.4. The van der Waals surface area contributed by atoms with E-state index in [1.54, 1.807) is 44.3 Å². The number of ether oxygens (including phenoxy) is 1. The van der Waals surface area contributed by atoms with Crippen LogP contribution in [0.1, 0.15) is 5.56 Å². The number of nitro groups is 1. The van der Waals surface area contributed by atoms with Crippen LogP contribution in [0.3, 0.4) is 0 Å². The highest BCUT2D eigenvalue weighted by Gasteiger charge is 2.19. The van der Waals surface area contributed by atoms with E-state index in [0.29, 0.717) is 16.3 Å². The van der Waals surface area contributed by atoms with Crippen LogP contribution in [-0.4, -0.2) is 44.0 Å². The van der Waals surface area contributed by atoms with E-state index in [9.17, 15) is 19.7 Å². The smallest absolute Gasteiger partial charge is 0.293 e. The molecule has 0 radical (unpaired) electrons. The summed E-state index contributed by atoms with van der Waals surface area (Å²) in [6.07, 6.45) is 0. The van der Waals surface area contributed by atoms with Crippen LogP contribution >= 0.6 is 0 Å². The first-order valence-corrected chi connectivity index (χ1v) is 8.58. The Labute approximate surface area is 162 Å². The monoisotopic (exact) mass is 387 g/mol. The Morgan fingerprint density at radius 3 is 2.43 bits per heavy atom. The molecular weight excluding hydrogens is 364 g/mol. The Hall–Kier alpha value is -3.46. The SMILES string of the molecule is COc1cccc(NC(=O)C[NH+](C)CC(=O)Nc2ccc(C)cc2[N+](=O)[O-])c1. The van der Waals surface area contributed by atoms with Gasteiger partial charge in [0.05, 0.1) is 19.1 Å². The molecule has 0 spiro atoms. The summed E-state index contributed by atoms with van der Waals surface area (Å²) in [5.41, 5.74) is 1.29. The van der Waals surface area contributed by atoms with Gasteiger partial charge < -0.3 is 20.3 Å². The number of carbonyl (C=O) groups is 2. The highest BCUT2D eigenvalue weighted by atomic mass is 16.6. The van der Waals surface area contributed by atoms with Crippen LogP contribution in [0.25, 0.3) is 0 Å². The number of rotatable bonds is 8. The molecular formula is C19H23N4O5+. The molecule has 0 aliphatic carbocycles. The molecule has 0 saturated heterocycles. The number of hydrogen-bond acceptors (Lipinski definition) is 5. The van der Waals surface area contributed by atoms with E-state index in [-0.39, 0.29) is 30.4 Å². The quantitative estimate of drug-likeness (QED) is 0.462. The lowest BCUT2D eigenvalue weighted by molar-refractivity contribution is -0.862. The molecule has 148 valence electrons. The van der Waals surface area contributed by atoms with Crippen molar-refractivity contribution in [2.24, 2.45) is 0 Å². The van der Waals surface area contributed by atoms with E-state index >= 15 is 0 Å². The highest BCUT2D eigenvalue weighted by Crippen LogP contribution is 2.25. The Morgan fingerprint density at radius 2 is 1.79 bits per heavy atom. The summed E-state index contributed by atoms with van der Waals surface area (Å²) in [6.45, 7) is 1.77. The average Bonchev–Trinajstić information content (AvgIpc) is 2.62. The van der Waals surface area contributed by atoms with Gasteiger partial charge in [-0.2, -0.15) is 0 Å². The third-order valence-corrected chi connectivity index (χ3v) is 3.90. The summed E-state index contributed by atoms with van der Waals surface area (Å²) in [6, 6.07) is 11.5. The standard InChI is InChI=1S/C19H22N4O5/c1-13-7-8-16(17(9-13)23(26)27)21-19(25)12-22(2)11-18(24)20-14-5-4-6-15(10-14)28-3/h4-10H,11-12H2,1-3H3,(H,20,24)(H,21,25)/p+1. The molecule has 2 rings (SSSR count). The zero-order chi connectivity index (χ0) is 20.7. The lowest BCUT2D eigenvalue weighted by Gasteiger charge is -2.14. The van der Waals surface area contributed by atoms with Crippen molar-refractivity contribution in [3.63, 3.8) is 0 Å². The number of quaternary nitrogens is 1. The summed E-state index contributed by atoms with van der Waals surface area (Å²) in [4.78, 5) is 35.6. The Kier molecular flexibility index (Phi) is 7.05. The van der Waals surface area contributed by atoms with Crippen LogP contribution in [-0.2, 0) is 9.59 Å². The average molecular weight is 387 g/mol. The molecule has 3 N–H and O–H groups in total. The van der Waals surface area contributed by atoms with Crippen LogP contribution in [0.4, 0.5) is 17.1 Å². The Bertz CT molecular complexity index is 884. The number of aryl methyl sites for hydroxylation is 1. The van der Waals surface area contributed by atoms with E-state index in [1.165, 1.54) is 19.2 Å². The molecule has 28 heavy (non-hydrogen) atoms. The van der Waals surface area contributed by atoms with Crippen molar-refractivity contribution < 1.29 is 24.1 Å². The van der Waals surface area contributed by atoms with Gasteiger partial charge in [0.15, 0.2) is 13.1 Å². The lowest BCUT2D eigenvalue weighted by atomic mass is 10.2. The van der Waals surface area contributed by atoms with Crippen molar-refractivity contribution in [3.8, 4) is 5.75 Å². The van der Waals surface area contributed by atoms with Crippen LogP contribution < -0.4 is 20.3 Å². The number of nitrogens with one attached hydrogen (secondary N) is 3. The molecule has 0 aliphatic rings. The minimum absolute atomic E-state index is 0.0173. The third-order valence-electron chi connectivity index (χ3n) is 3.90. The first-order chi connectivity index (χ1) is 13.3. The molecule has 9 nitrogen and oxygen atoms in total. The van der Waals surface area contributed by atoms with Crippen LogP contribution in [0.5, 0.6) is 5.75 Å². The number of likely N-dealkylation sites (N-methyl/N-ethyl adjacent to an activating group) is 1. The Balaban J connectivity index is 1.90. The number of nitro benzene ring substituents is 1. The second-order valence-corrected chi connectivity index (χ2v) is 6.42. The topological polar surface area (TPSA) is 115 Å². The molecule has 1 unspecified atom stereocenters. The number of methoxy groups -OCH3 is 1. The number of nitrogens with zero attached hydrogens (tertiary/aromatic N) is 1. The van der Waals surface area contributed by atoms with E-state index < -0.39 is 10.8 Å². The van der Waals surface area contributed by atoms with Gasteiger partial charge in [-0.3, -0.25) is 19.7 Å². The Morgan fingerprint density at radius 1 is 1.11 bits per heavy atom. The summed E-state index contributed by atoms with van der Waals surface area (Å²) >= 11 is 0. The summed E-state index contributed by atoms with van der Waals surface area (Å²) < 4.78 is 5.10. The van der Waals surface area contributed by atoms with Crippen molar-refractivity contribution in [1.82, 2.24) is 0 Å². The predicted octanol–water partition coefficient (Wildman–Crippen LogP) is 1.00. The first-order valence-electron chi connectivity index (χ1n) is 8.58. The maximum Gasteiger partial charge on any atom is 0.293 e. The van der Waals surface area contributed by atoms with Crippen molar-refractivity contribution in [1.29, 1.82) is 0 Å². The van der Waals surface area contributed by atoms with Gasteiger partial charge in [0.2, 0.25) is 0 Å². The fraction of sp³-hybridized carbons (Fsp3) is 0.263. The van der Waals surface area contributed by atoms with E-state index in [4.69, 9.17) is 4.74 Å². The molecule has 0 fully saturated rings. The maximum absolute atomic E-state index is 12.2. The fourth-order valence-corrected chi connectivity index (χ4v) is 2.61. The van der Waals surface area contributed by atoms with E-state index in [0.717, 1.165) is 5.56 Å². The minimum atomic E-state index is -0.541. The molecule has 0 aromatic heterocycles. The van der Waals surface area contributed by atoms with E-state index in [1.807, 2.05) is 0 Å². The largest absolute Gasteiger partial charge is 0.497 e. The molecule has 2 amide bonds. The fourth-order valence-electron chi connectivity index (χ4n) is 2.61. The van der Waals surface area contributed by atoms with Gasteiger partial charge in [-0.15, -0.1) is 0 Å². The number of anilines is 2. The highest BCUT2D eigenvalue weighted by molar-refractivity contribution is 5.94. The second kappa shape index (κ2) is 9.47. The maximum atomic E-state index is 12.2. The van der Waals surface area contributed by atoms with Crippen LogP contribution in [0.15, 0.2) is 42.5 Å². The van der Waals surface area contributed by atoms with Gasteiger partial charge in [0, 0.05) is 17.8 Å². The molecule has 0 saturated carbocycles. The predicted molar refractivity (Wildman–Crippen MR) is 105 cm³/mol. The van der Waals surface area contributed by atoms with Crippen molar-refractivity contribution in [2.75, 3.05) is 37.9 Å². The molecule has 2 aromatic carbocycles. The molecule has 0 bridgehead atoms. The van der Waals surface area contributed by atoms with Crippen molar-refractivity contribution >= 4 is 28.9 Å². The zero-order valence-electron chi connectivity index (χ0n) is 15.9. The summed E-state index contributed by atoms with van der Waals surface area (Å²) in [7, 11) is 3.23. The number of carbonyl (C=O) groups excluding carboxylic acids is 2. The molecule has 0 heterocycles. The van der Waals surface area contributed by atoms with Gasteiger partial charge >= 0.3 is 0 Å². The van der Waals surface area contributed by atoms with E-state index in [2.05, 4.69) is 10.6 Å². The first kappa shape index (κ1) is 20.8. The van der Waals surface area contributed by atoms with Gasteiger partial charge in [-0.25, -0.2) is 0 Å². The second-order valence-electron chi connectivity index (χ2n) is 6.42. The number of amides is 2. The lowest BCUT2D eigenvalue weighted by Crippen LogP contribution is -3.11. The molecule has 2 aromatic rings. The number of hydrogen-bond donors (Lipinski definition) is 3.